The molecule has 6 nitrogen and oxygen atoms in total. The SMILES string of the molecule is O=C(COc1cccc(Cl)c1)N1CCc2cc(S(=O)(=O)N3CCCCC3)ccc21. The zero-order valence-corrected chi connectivity index (χ0v) is 17.6. The second-order valence-electron chi connectivity index (χ2n) is 7.30. The number of anilines is 1. The highest BCUT2D eigenvalue weighted by Crippen LogP contribution is 2.32. The number of ether oxygens (including phenoxy) is 1. The van der Waals surface area contributed by atoms with E-state index in [2.05, 4.69) is 0 Å². The van der Waals surface area contributed by atoms with Crippen molar-refractivity contribution in [1.29, 1.82) is 0 Å². The summed E-state index contributed by atoms with van der Waals surface area (Å²) in [7, 11) is -3.48. The topological polar surface area (TPSA) is 66.9 Å². The molecule has 1 amide bonds. The molecule has 0 spiro atoms. The van der Waals surface area contributed by atoms with Crippen LogP contribution in [0.2, 0.25) is 5.02 Å². The van der Waals surface area contributed by atoms with Crippen LogP contribution < -0.4 is 9.64 Å². The number of hydrogen-bond donors (Lipinski definition) is 0. The number of amides is 1. The summed E-state index contributed by atoms with van der Waals surface area (Å²) in [4.78, 5) is 14.6. The molecule has 1 saturated heterocycles. The molecule has 0 atom stereocenters. The molecule has 2 heterocycles. The Morgan fingerprint density at radius 3 is 2.59 bits per heavy atom. The van der Waals surface area contributed by atoms with E-state index in [1.54, 1.807) is 51.7 Å². The summed E-state index contributed by atoms with van der Waals surface area (Å²) in [5.74, 6) is 0.364. The summed E-state index contributed by atoms with van der Waals surface area (Å²) in [5.41, 5.74) is 1.63. The fourth-order valence-corrected chi connectivity index (χ4v) is 5.58. The van der Waals surface area contributed by atoms with Gasteiger partial charge in [-0.25, -0.2) is 8.42 Å². The van der Waals surface area contributed by atoms with Gasteiger partial charge in [0.2, 0.25) is 10.0 Å². The molecule has 2 aromatic carbocycles. The quantitative estimate of drug-likeness (QED) is 0.722. The van der Waals surface area contributed by atoms with Crippen molar-refractivity contribution in [1.82, 2.24) is 4.31 Å². The van der Waals surface area contributed by atoms with Crippen LogP contribution in [0, 0.1) is 0 Å². The maximum absolute atomic E-state index is 12.9. The van der Waals surface area contributed by atoms with Gasteiger partial charge in [0.05, 0.1) is 4.90 Å². The molecule has 0 radical (unpaired) electrons. The van der Waals surface area contributed by atoms with E-state index in [-0.39, 0.29) is 12.5 Å². The van der Waals surface area contributed by atoms with Gasteiger partial charge in [-0.1, -0.05) is 24.1 Å². The molecule has 2 aliphatic rings. The molecule has 29 heavy (non-hydrogen) atoms. The summed E-state index contributed by atoms with van der Waals surface area (Å²) in [5, 5.41) is 0.545. The van der Waals surface area contributed by atoms with E-state index in [9.17, 15) is 13.2 Å². The zero-order chi connectivity index (χ0) is 20.4. The number of halogens is 1. The molecule has 2 aromatic rings. The van der Waals surface area contributed by atoms with E-state index in [0.29, 0.717) is 41.7 Å². The molecule has 1 fully saturated rings. The van der Waals surface area contributed by atoms with E-state index in [1.165, 1.54) is 0 Å². The summed E-state index contributed by atoms with van der Waals surface area (Å²) < 4.78 is 32.9. The van der Waals surface area contributed by atoms with Crippen molar-refractivity contribution in [2.75, 3.05) is 31.1 Å². The zero-order valence-electron chi connectivity index (χ0n) is 16.0. The van der Waals surface area contributed by atoms with E-state index < -0.39 is 10.0 Å². The molecule has 0 unspecified atom stereocenters. The monoisotopic (exact) mass is 434 g/mol. The molecular weight excluding hydrogens is 412 g/mol. The van der Waals surface area contributed by atoms with Crippen LogP contribution in [0.15, 0.2) is 47.4 Å². The molecule has 0 N–H and O–H groups in total. The fraction of sp³-hybridized carbons (Fsp3) is 0.381. The number of fused-ring (bicyclic) bond motifs is 1. The number of nitrogens with zero attached hydrogens (tertiary/aromatic N) is 2. The van der Waals surface area contributed by atoms with Crippen molar-refractivity contribution in [3.63, 3.8) is 0 Å². The van der Waals surface area contributed by atoms with Gasteiger partial charge in [-0.15, -0.1) is 0 Å². The Labute approximate surface area is 176 Å². The second-order valence-corrected chi connectivity index (χ2v) is 9.67. The van der Waals surface area contributed by atoms with Crippen molar-refractivity contribution in [2.45, 2.75) is 30.6 Å². The number of sulfonamides is 1. The van der Waals surface area contributed by atoms with E-state index in [4.69, 9.17) is 16.3 Å². The molecule has 2 aliphatic heterocycles. The maximum atomic E-state index is 12.9. The highest BCUT2D eigenvalue weighted by Gasteiger charge is 2.30. The lowest BCUT2D eigenvalue weighted by molar-refractivity contribution is -0.120. The third-order valence-electron chi connectivity index (χ3n) is 5.36. The lowest BCUT2D eigenvalue weighted by Crippen LogP contribution is -2.35. The van der Waals surface area contributed by atoms with E-state index >= 15 is 0 Å². The lowest BCUT2D eigenvalue weighted by Gasteiger charge is -2.26. The smallest absolute Gasteiger partial charge is 0.264 e. The van der Waals surface area contributed by atoms with Crippen LogP contribution in [-0.2, 0) is 21.2 Å². The van der Waals surface area contributed by atoms with Gasteiger partial charge in [0.25, 0.3) is 5.91 Å². The summed E-state index contributed by atoms with van der Waals surface area (Å²) in [6.07, 6.45) is 3.50. The molecular formula is C21H23ClN2O4S. The summed E-state index contributed by atoms with van der Waals surface area (Å²) in [6.45, 7) is 1.56. The molecule has 0 aromatic heterocycles. The van der Waals surface area contributed by atoms with Gasteiger partial charge in [0.15, 0.2) is 6.61 Å². The van der Waals surface area contributed by atoms with Crippen LogP contribution in [0.25, 0.3) is 0 Å². The van der Waals surface area contributed by atoms with Crippen molar-refractivity contribution in [3.05, 3.63) is 53.1 Å². The average molecular weight is 435 g/mol. The Morgan fingerprint density at radius 1 is 1.03 bits per heavy atom. The van der Waals surface area contributed by atoms with Gasteiger partial charge in [0, 0.05) is 30.3 Å². The molecule has 0 aliphatic carbocycles. The molecule has 0 saturated carbocycles. The number of piperidine rings is 1. The van der Waals surface area contributed by atoms with Gasteiger partial charge in [0.1, 0.15) is 5.75 Å². The minimum absolute atomic E-state index is 0.104. The van der Waals surface area contributed by atoms with Crippen LogP contribution in [-0.4, -0.2) is 44.9 Å². The summed E-state index contributed by atoms with van der Waals surface area (Å²) in [6, 6.07) is 12.0. The highest BCUT2D eigenvalue weighted by atomic mass is 35.5. The first-order valence-electron chi connectivity index (χ1n) is 9.77. The van der Waals surface area contributed by atoms with Crippen LogP contribution in [0.5, 0.6) is 5.75 Å². The average Bonchev–Trinajstić information content (AvgIpc) is 3.16. The van der Waals surface area contributed by atoms with Crippen LogP contribution >= 0.6 is 11.6 Å². The minimum Gasteiger partial charge on any atom is -0.484 e. The van der Waals surface area contributed by atoms with Crippen LogP contribution in [0.4, 0.5) is 5.69 Å². The van der Waals surface area contributed by atoms with Crippen LogP contribution in [0.1, 0.15) is 24.8 Å². The lowest BCUT2D eigenvalue weighted by atomic mass is 10.2. The Hall–Kier alpha value is -2.09. The normalized spacial score (nSPS) is 17.2. The Balaban J connectivity index is 1.47. The molecule has 8 heteroatoms. The Kier molecular flexibility index (Phi) is 5.81. The number of benzene rings is 2. The van der Waals surface area contributed by atoms with Gasteiger partial charge >= 0.3 is 0 Å². The number of rotatable bonds is 5. The largest absolute Gasteiger partial charge is 0.484 e. The van der Waals surface area contributed by atoms with E-state index in [1.807, 2.05) is 0 Å². The van der Waals surface area contributed by atoms with Crippen LogP contribution in [0.3, 0.4) is 0 Å². The Morgan fingerprint density at radius 2 is 1.83 bits per heavy atom. The number of carbonyl (C=O) groups is 1. The van der Waals surface area contributed by atoms with Crippen molar-refractivity contribution in [3.8, 4) is 5.75 Å². The predicted octanol–water partition coefficient (Wildman–Crippen LogP) is 3.48. The standard InChI is InChI=1S/C21H23ClN2O4S/c22-17-5-4-6-18(14-17)28-15-21(25)24-12-9-16-13-19(7-8-20(16)24)29(26,27)23-10-2-1-3-11-23/h4-8,13-14H,1-3,9-12,15H2. The van der Waals surface area contributed by atoms with Gasteiger partial charge < -0.3 is 9.64 Å². The highest BCUT2D eigenvalue weighted by molar-refractivity contribution is 7.89. The maximum Gasteiger partial charge on any atom is 0.264 e. The van der Waals surface area contributed by atoms with E-state index in [0.717, 1.165) is 30.5 Å². The van der Waals surface area contributed by atoms with Crippen molar-refractivity contribution in [2.24, 2.45) is 0 Å². The molecule has 4 rings (SSSR count). The first-order chi connectivity index (χ1) is 13.9. The minimum atomic E-state index is -3.48. The third kappa shape index (κ3) is 4.27. The first-order valence-corrected chi connectivity index (χ1v) is 11.6. The fourth-order valence-electron chi connectivity index (χ4n) is 3.83. The second kappa shape index (κ2) is 8.34. The third-order valence-corrected chi connectivity index (χ3v) is 7.49. The van der Waals surface area contributed by atoms with Gasteiger partial charge in [-0.2, -0.15) is 4.31 Å². The molecule has 154 valence electrons. The van der Waals surface area contributed by atoms with Gasteiger partial charge in [-0.05, 0) is 61.2 Å². The molecule has 0 bridgehead atoms. The first kappa shape index (κ1) is 20.2. The summed E-state index contributed by atoms with van der Waals surface area (Å²) >= 11 is 5.93. The van der Waals surface area contributed by atoms with Gasteiger partial charge in [-0.3, -0.25) is 4.79 Å². The number of hydrogen-bond acceptors (Lipinski definition) is 4. The van der Waals surface area contributed by atoms with Crippen molar-refractivity contribution < 1.29 is 17.9 Å². The predicted molar refractivity (Wildman–Crippen MR) is 112 cm³/mol. The van der Waals surface area contributed by atoms with Crippen molar-refractivity contribution >= 4 is 33.2 Å². The Bertz CT molecular complexity index is 1020. The number of carbonyl (C=O) groups excluding carboxylic acids is 1.